The van der Waals surface area contributed by atoms with E-state index in [2.05, 4.69) is 15.1 Å². The van der Waals surface area contributed by atoms with Crippen LogP contribution in [0.5, 0.6) is 23.0 Å². The van der Waals surface area contributed by atoms with E-state index in [0.29, 0.717) is 53.9 Å². The Morgan fingerprint density at radius 3 is 2.27 bits per heavy atom. The number of methoxy groups -OCH3 is 1. The summed E-state index contributed by atoms with van der Waals surface area (Å²) >= 11 is 0. The van der Waals surface area contributed by atoms with Crippen molar-refractivity contribution in [1.29, 1.82) is 0 Å². The Morgan fingerprint density at radius 2 is 1.64 bits per heavy atom. The summed E-state index contributed by atoms with van der Waals surface area (Å²) in [6, 6.07) is 10.6. The molecule has 2 aromatic heterocycles. The molecule has 2 aromatic carbocycles. The zero-order chi connectivity index (χ0) is 23.4. The van der Waals surface area contributed by atoms with Gasteiger partial charge in [0.25, 0.3) is 11.4 Å². The number of aromatic amines is 1. The van der Waals surface area contributed by atoms with Gasteiger partial charge >= 0.3 is 0 Å². The molecular formula is C24H25N3O6. The maximum atomic E-state index is 12.7. The summed E-state index contributed by atoms with van der Waals surface area (Å²) in [6.07, 6.45) is 0. The summed E-state index contributed by atoms with van der Waals surface area (Å²) in [5, 5.41) is 4.82. The average molecular weight is 451 g/mol. The van der Waals surface area contributed by atoms with E-state index in [1.54, 1.807) is 37.4 Å². The second-order valence-corrected chi connectivity index (χ2v) is 6.99. The van der Waals surface area contributed by atoms with E-state index >= 15 is 0 Å². The molecule has 0 aliphatic carbocycles. The highest BCUT2D eigenvalue weighted by atomic mass is 16.5. The molecule has 0 radical (unpaired) electrons. The van der Waals surface area contributed by atoms with Crippen LogP contribution in [0.2, 0.25) is 0 Å². The van der Waals surface area contributed by atoms with E-state index < -0.39 is 0 Å². The normalized spacial score (nSPS) is 10.9. The van der Waals surface area contributed by atoms with E-state index in [-0.39, 0.29) is 22.8 Å². The third kappa shape index (κ3) is 4.48. The number of benzene rings is 2. The first kappa shape index (κ1) is 22.2. The number of hydrogen-bond donors (Lipinski definition) is 1. The molecule has 9 nitrogen and oxygen atoms in total. The molecule has 0 aliphatic heterocycles. The fourth-order valence-electron chi connectivity index (χ4n) is 3.44. The van der Waals surface area contributed by atoms with Crippen molar-refractivity contribution < 1.29 is 23.5 Å². The predicted molar refractivity (Wildman–Crippen MR) is 123 cm³/mol. The predicted octanol–water partition coefficient (Wildman–Crippen LogP) is 4.45. The molecule has 9 heteroatoms. The molecule has 0 spiro atoms. The quantitative estimate of drug-likeness (QED) is 0.398. The van der Waals surface area contributed by atoms with E-state index in [4.69, 9.17) is 23.5 Å². The zero-order valence-corrected chi connectivity index (χ0v) is 18.9. The first-order valence-electron chi connectivity index (χ1n) is 10.7. The second kappa shape index (κ2) is 9.64. The lowest BCUT2D eigenvalue weighted by Gasteiger charge is -2.16. The molecule has 0 amide bonds. The summed E-state index contributed by atoms with van der Waals surface area (Å²) in [5.41, 5.74) is 1.23. The van der Waals surface area contributed by atoms with Gasteiger partial charge in [-0.3, -0.25) is 4.79 Å². The van der Waals surface area contributed by atoms with Crippen molar-refractivity contribution >= 4 is 10.9 Å². The Balaban J connectivity index is 1.78. The van der Waals surface area contributed by atoms with Crippen LogP contribution in [0.4, 0.5) is 0 Å². The van der Waals surface area contributed by atoms with E-state index in [1.165, 1.54) is 0 Å². The number of nitrogens with zero attached hydrogens (tertiary/aromatic N) is 2. The lowest BCUT2D eigenvalue weighted by molar-refractivity contribution is 0.261. The minimum atomic E-state index is -0.322. The number of ether oxygens (including phenoxy) is 4. The van der Waals surface area contributed by atoms with Gasteiger partial charge in [-0.1, -0.05) is 5.16 Å². The van der Waals surface area contributed by atoms with Crippen molar-refractivity contribution in [3.63, 3.8) is 0 Å². The summed E-state index contributed by atoms with van der Waals surface area (Å²) in [4.78, 5) is 20.0. The molecule has 0 fully saturated rings. The second-order valence-electron chi connectivity index (χ2n) is 6.99. The molecule has 0 bridgehead atoms. The molecule has 4 aromatic rings. The SMILES string of the molecule is CCOc1cc(-c2nc(-c3cc4cc(OC)ccc4[nH]c3=O)no2)cc(OCC)c1OCC. The van der Waals surface area contributed by atoms with Gasteiger partial charge in [0, 0.05) is 16.5 Å². The molecule has 4 rings (SSSR count). The number of pyridine rings is 1. The maximum Gasteiger partial charge on any atom is 0.259 e. The molecule has 0 atom stereocenters. The smallest absolute Gasteiger partial charge is 0.259 e. The van der Waals surface area contributed by atoms with Gasteiger partial charge in [0.05, 0.1) is 32.5 Å². The monoisotopic (exact) mass is 451 g/mol. The Hall–Kier alpha value is -4.01. The first-order chi connectivity index (χ1) is 16.1. The van der Waals surface area contributed by atoms with Gasteiger partial charge in [0.15, 0.2) is 11.5 Å². The van der Waals surface area contributed by atoms with Crippen LogP contribution >= 0.6 is 0 Å². The van der Waals surface area contributed by atoms with Crippen molar-refractivity contribution in [2.75, 3.05) is 26.9 Å². The van der Waals surface area contributed by atoms with Crippen molar-refractivity contribution in [1.82, 2.24) is 15.1 Å². The Morgan fingerprint density at radius 1 is 0.939 bits per heavy atom. The largest absolute Gasteiger partial charge is 0.497 e. The van der Waals surface area contributed by atoms with Crippen LogP contribution in [0.15, 0.2) is 45.7 Å². The van der Waals surface area contributed by atoms with Gasteiger partial charge in [-0.05, 0) is 57.2 Å². The Bertz CT molecular complexity index is 1300. The first-order valence-corrected chi connectivity index (χ1v) is 10.7. The van der Waals surface area contributed by atoms with E-state index in [0.717, 1.165) is 5.39 Å². The topological polar surface area (TPSA) is 109 Å². The van der Waals surface area contributed by atoms with Crippen LogP contribution in [-0.4, -0.2) is 42.1 Å². The van der Waals surface area contributed by atoms with Crippen molar-refractivity contribution in [2.24, 2.45) is 0 Å². The Kier molecular flexibility index (Phi) is 6.48. The van der Waals surface area contributed by atoms with Crippen LogP contribution in [0.3, 0.4) is 0 Å². The molecule has 33 heavy (non-hydrogen) atoms. The lowest BCUT2D eigenvalue weighted by atomic mass is 10.1. The van der Waals surface area contributed by atoms with E-state index in [1.807, 2.05) is 26.8 Å². The standard InChI is InChI=1S/C24H25N3O6/c1-5-30-19-12-15(13-20(31-6-2)21(19)32-7-3)24-26-22(27-33-24)17-11-14-10-16(29-4)8-9-18(14)25-23(17)28/h8-13H,5-7H2,1-4H3,(H,25,28). The van der Waals surface area contributed by atoms with Crippen LogP contribution in [0, 0.1) is 0 Å². The van der Waals surface area contributed by atoms with Crippen molar-refractivity contribution in [2.45, 2.75) is 20.8 Å². The van der Waals surface area contributed by atoms with Gasteiger partial charge in [-0.2, -0.15) is 4.98 Å². The molecule has 172 valence electrons. The van der Waals surface area contributed by atoms with Crippen LogP contribution in [-0.2, 0) is 0 Å². The van der Waals surface area contributed by atoms with Gasteiger partial charge < -0.3 is 28.5 Å². The molecule has 2 heterocycles. The zero-order valence-electron chi connectivity index (χ0n) is 18.9. The Labute approximate surface area is 190 Å². The van der Waals surface area contributed by atoms with Crippen LogP contribution < -0.4 is 24.5 Å². The number of rotatable bonds is 9. The summed E-state index contributed by atoms with van der Waals surface area (Å²) in [6.45, 7) is 7.00. The van der Waals surface area contributed by atoms with Gasteiger partial charge in [-0.15, -0.1) is 0 Å². The fraction of sp³-hybridized carbons (Fsp3) is 0.292. The lowest BCUT2D eigenvalue weighted by Crippen LogP contribution is -2.09. The van der Waals surface area contributed by atoms with Crippen molar-refractivity contribution in [3.05, 3.63) is 46.8 Å². The highest BCUT2D eigenvalue weighted by Crippen LogP contribution is 2.41. The molecule has 0 saturated carbocycles. The van der Waals surface area contributed by atoms with Gasteiger partial charge in [0.2, 0.25) is 11.6 Å². The number of hydrogen-bond acceptors (Lipinski definition) is 8. The molecule has 0 saturated heterocycles. The molecule has 1 N–H and O–H groups in total. The van der Waals surface area contributed by atoms with E-state index in [9.17, 15) is 4.79 Å². The highest BCUT2D eigenvalue weighted by molar-refractivity contribution is 5.83. The fourth-order valence-corrected chi connectivity index (χ4v) is 3.44. The minimum absolute atomic E-state index is 0.167. The molecule has 0 aliphatic rings. The number of fused-ring (bicyclic) bond motifs is 1. The van der Waals surface area contributed by atoms with Gasteiger partial charge in [-0.25, -0.2) is 0 Å². The maximum absolute atomic E-state index is 12.7. The van der Waals surface area contributed by atoms with Crippen molar-refractivity contribution in [3.8, 4) is 45.8 Å². The summed E-state index contributed by atoms with van der Waals surface area (Å²) in [7, 11) is 1.59. The summed E-state index contributed by atoms with van der Waals surface area (Å²) < 4.78 is 28.0. The number of nitrogens with one attached hydrogen (secondary N) is 1. The number of H-pyrrole nitrogens is 1. The molecule has 0 unspecified atom stereocenters. The third-order valence-electron chi connectivity index (χ3n) is 4.87. The molecular weight excluding hydrogens is 426 g/mol. The highest BCUT2D eigenvalue weighted by Gasteiger charge is 2.20. The van der Waals surface area contributed by atoms with Gasteiger partial charge in [0.1, 0.15) is 5.75 Å². The average Bonchev–Trinajstić information content (AvgIpc) is 3.30. The number of aromatic nitrogens is 3. The van der Waals surface area contributed by atoms with Crippen LogP contribution in [0.1, 0.15) is 20.8 Å². The summed E-state index contributed by atoms with van der Waals surface area (Å²) in [5.74, 6) is 2.60. The third-order valence-corrected chi connectivity index (χ3v) is 4.87. The van der Waals surface area contributed by atoms with Crippen LogP contribution in [0.25, 0.3) is 33.7 Å². The minimum Gasteiger partial charge on any atom is -0.497 e.